The predicted octanol–water partition coefficient (Wildman–Crippen LogP) is 2.89. The second kappa shape index (κ2) is 7.29. The van der Waals surface area contributed by atoms with E-state index in [1.807, 2.05) is 19.9 Å². The number of carbonyl (C=O) groups excluding carboxylic acids is 3. The molecule has 4 rings (SSSR count). The third-order valence-corrected chi connectivity index (χ3v) is 5.26. The number of hydrogen-bond acceptors (Lipinski definition) is 6. The van der Waals surface area contributed by atoms with Crippen molar-refractivity contribution in [2.45, 2.75) is 25.9 Å². The second-order valence-electron chi connectivity index (χ2n) is 7.03. The van der Waals surface area contributed by atoms with Crippen molar-refractivity contribution >= 4 is 40.7 Å². The molecule has 2 aromatic rings. The Morgan fingerprint density at radius 2 is 1.90 bits per heavy atom. The lowest BCUT2D eigenvalue weighted by molar-refractivity contribution is -0.123. The number of carbonyl (C=O) groups is 3. The molecule has 2 aliphatic rings. The van der Waals surface area contributed by atoms with Crippen molar-refractivity contribution in [2.24, 2.45) is 10.3 Å². The van der Waals surface area contributed by atoms with Crippen LogP contribution in [-0.2, 0) is 14.4 Å². The summed E-state index contributed by atoms with van der Waals surface area (Å²) < 4.78 is 0. The molecule has 1 N–H and O–H groups in total. The maximum absolute atomic E-state index is 13.0. The van der Waals surface area contributed by atoms with Gasteiger partial charge in [-0.1, -0.05) is 29.0 Å². The first kappa shape index (κ1) is 19.1. The van der Waals surface area contributed by atoms with Gasteiger partial charge in [0, 0.05) is 10.7 Å². The van der Waals surface area contributed by atoms with Gasteiger partial charge in [-0.2, -0.15) is 5.11 Å². The average molecular weight is 412 g/mol. The van der Waals surface area contributed by atoms with Crippen LogP contribution in [0.5, 0.6) is 0 Å². The minimum atomic E-state index is -0.942. The van der Waals surface area contributed by atoms with Crippen molar-refractivity contribution in [1.82, 2.24) is 5.01 Å². The van der Waals surface area contributed by atoms with Gasteiger partial charge in [0.1, 0.15) is 6.54 Å². The topological polar surface area (TPSA) is 94.4 Å². The smallest absolute Gasteiger partial charge is 0.263 e. The van der Waals surface area contributed by atoms with Crippen LogP contribution < -0.4 is 10.2 Å². The lowest BCUT2D eigenvalue weighted by Gasteiger charge is -2.20. The number of amides is 3. The van der Waals surface area contributed by atoms with Crippen LogP contribution in [0.2, 0.25) is 5.02 Å². The van der Waals surface area contributed by atoms with Gasteiger partial charge < -0.3 is 5.32 Å². The predicted molar refractivity (Wildman–Crippen MR) is 108 cm³/mol. The molecule has 0 saturated carbocycles. The molecule has 0 bridgehead atoms. The average Bonchev–Trinajstić information content (AvgIpc) is 3.18. The number of halogens is 1. The monoisotopic (exact) mass is 411 g/mol. The van der Waals surface area contributed by atoms with Gasteiger partial charge in [-0.05, 0) is 55.3 Å². The molecule has 29 heavy (non-hydrogen) atoms. The third kappa shape index (κ3) is 3.47. The van der Waals surface area contributed by atoms with Gasteiger partial charge in [0.15, 0.2) is 12.1 Å². The maximum atomic E-state index is 13.0. The minimum Gasteiger partial charge on any atom is -0.324 e. The summed E-state index contributed by atoms with van der Waals surface area (Å²) in [5, 5.41) is 12.3. The molecular weight excluding hydrogens is 394 g/mol. The molecule has 2 aliphatic heterocycles. The number of fused-ring (bicyclic) bond motifs is 1. The standard InChI is InChI=1S/C20H18ClN5O3/c1-11-6-7-15(8-12(11)2)26-19(28)17-18(20(26)29)25(24-23-17)10-16(27)22-14-5-3-4-13(21)9-14/h3-9,17-18H,10H2,1-2H3,(H,22,27)/t17-,18+/m0/s1. The Kier molecular flexibility index (Phi) is 4.79. The molecule has 8 nitrogen and oxygen atoms in total. The number of rotatable bonds is 4. The Bertz CT molecular complexity index is 1050. The lowest BCUT2D eigenvalue weighted by Crippen LogP contribution is -2.43. The Labute approximate surface area is 172 Å². The van der Waals surface area contributed by atoms with E-state index in [1.165, 1.54) is 5.01 Å². The van der Waals surface area contributed by atoms with Crippen molar-refractivity contribution in [3.05, 3.63) is 58.6 Å². The van der Waals surface area contributed by atoms with E-state index in [0.29, 0.717) is 16.4 Å². The van der Waals surface area contributed by atoms with Crippen LogP contribution in [0.3, 0.4) is 0 Å². The molecule has 1 fully saturated rings. The number of anilines is 2. The first-order valence-corrected chi connectivity index (χ1v) is 9.41. The molecular formula is C20H18ClN5O3. The fraction of sp³-hybridized carbons (Fsp3) is 0.250. The number of benzene rings is 2. The van der Waals surface area contributed by atoms with Crippen molar-refractivity contribution in [3.8, 4) is 0 Å². The van der Waals surface area contributed by atoms with Crippen LogP contribution in [0.25, 0.3) is 0 Å². The molecule has 0 aromatic heterocycles. The number of nitrogens with one attached hydrogen (secondary N) is 1. The van der Waals surface area contributed by atoms with Gasteiger partial charge in [-0.3, -0.25) is 19.4 Å². The van der Waals surface area contributed by atoms with E-state index < -0.39 is 29.8 Å². The Hall–Kier alpha value is -3.26. The molecule has 0 unspecified atom stereocenters. The van der Waals surface area contributed by atoms with Crippen LogP contribution in [0.4, 0.5) is 11.4 Å². The highest BCUT2D eigenvalue weighted by atomic mass is 35.5. The van der Waals surface area contributed by atoms with Gasteiger partial charge in [-0.15, -0.1) is 0 Å². The zero-order valence-corrected chi connectivity index (χ0v) is 16.6. The molecule has 2 atom stereocenters. The van der Waals surface area contributed by atoms with E-state index in [-0.39, 0.29) is 6.54 Å². The van der Waals surface area contributed by atoms with Crippen molar-refractivity contribution in [3.63, 3.8) is 0 Å². The highest BCUT2D eigenvalue weighted by Crippen LogP contribution is 2.32. The highest BCUT2D eigenvalue weighted by Gasteiger charge is 2.55. The summed E-state index contributed by atoms with van der Waals surface area (Å²) in [5.41, 5.74) is 3.06. The molecule has 0 radical (unpaired) electrons. The van der Waals surface area contributed by atoms with E-state index in [9.17, 15) is 14.4 Å². The summed E-state index contributed by atoms with van der Waals surface area (Å²) in [4.78, 5) is 39.3. The van der Waals surface area contributed by atoms with E-state index >= 15 is 0 Å². The summed E-state index contributed by atoms with van der Waals surface area (Å²) in [7, 11) is 0. The molecule has 3 amide bonds. The van der Waals surface area contributed by atoms with E-state index in [0.717, 1.165) is 16.0 Å². The Balaban J connectivity index is 1.50. The number of nitrogens with zero attached hydrogens (tertiary/aromatic N) is 4. The molecule has 148 valence electrons. The third-order valence-electron chi connectivity index (χ3n) is 5.02. The number of aryl methyl sites for hydroxylation is 2. The van der Waals surface area contributed by atoms with Gasteiger partial charge >= 0.3 is 0 Å². The summed E-state index contributed by atoms with van der Waals surface area (Å²) in [5.74, 6) is -1.27. The van der Waals surface area contributed by atoms with E-state index in [2.05, 4.69) is 15.7 Å². The van der Waals surface area contributed by atoms with Crippen LogP contribution >= 0.6 is 11.6 Å². The fourth-order valence-electron chi connectivity index (χ4n) is 3.39. The number of hydrogen-bond donors (Lipinski definition) is 1. The van der Waals surface area contributed by atoms with Crippen LogP contribution in [0.15, 0.2) is 52.8 Å². The van der Waals surface area contributed by atoms with Crippen molar-refractivity contribution in [1.29, 1.82) is 0 Å². The van der Waals surface area contributed by atoms with Gasteiger partial charge in [0.05, 0.1) is 5.69 Å². The second-order valence-corrected chi connectivity index (χ2v) is 7.47. The Morgan fingerprint density at radius 3 is 2.62 bits per heavy atom. The van der Waals surface area contributed by atoms with Crippen LogP contribution in [-0.4, -0.2) is 41.4 Å². The summed E-state index contributed by atoms with van der Waals surface area (Å²) >= 11 is 5.92. The SMILES string of the molecule is Cc1ccc(N2C(=O)[C@H]3N=NN(CC(=O)Nc4cccc(Cl)c4)[C@H]3C2=O)cc1C. The van der Waals surface area contributed by atoms with Crippen LogP contribution in [0.1, 0.15) is 11.1 Å². The maximum Gasteiger partial charge on any atom is 0.263 e. The van der Waals surface area contributed by atoms with Gasteiger partial charge in [0.2, 0.25) is 5.91 Å². The summed E-state index contributed by atoms with van der Waals surface area (Å²) in [6.07, 6.45) is 0. The van der Waals surface area contributed by atoms with Crippen molar-refractivity contribution in [2.75, 3.05) is 16.8 Å². The number of imide groups is 1. The van der Waals surface area contributed by atoms with Crippen molar-refractivity contribution < 1.29 is 14.4 Å². The van der Waals surface area contributed by atoms with Crippen LogP contribution in [0, 0.1) is 13.8 Å². The molecule has 2 heterocycles. The van der Waals surface area contributed by atoms with Gasteiger partial charge in [-0.25, -0.2) is 4.90 Å². The molecule has 1 saturated heterocycles. The normalized spacial score (nSPS) is 20.4. The Morgan fingerprint density at radius 1 is 1.10 bits per heavy atom. The zero-order chi connectivity index (χ0) is 20.7. The summed E-state index contributed by atoms with van der Waals surface area (Å²) in [6.45, 7) is 3.66. The first-order valence-electron chi connectivity index (χ1n) is 9.03. The minimum absolute atomic E-state index is 0.211. The fourth-order valence-corrected chi connectivity index (χ4v) is 3.58. The molecule has 0 spiro atoms. The quantitative estimate of drug-likeness (QED) is 0.782. The van der Waals surface area contributed by atoms with E-state index in [4.69, 9.17) is 11.6 Å². The molecule has 9 heteroatoms. The first-order chi connectivity index (χ1) is 13.8. The molecule has 0 aliphatic carbocycles. The highest BCUT2D eigenvalue weighted by molar-refractivity contribution is 6.31. The van der Waals surface area contributed by atoms with Gasteiger partial charge in [0.25, 0.3) is 11.8 Å². The zero-order valence-electron chi connectivity index (χ0n) is 15.8. The largest absolute Gasteiger partial charge is 0.324 e. The molecule has 2 aromatic carbocycles. The summed E-state index contributed by atoms with van der Waals surface area (Å²) in [6, 6.07) is 10.2. The van der Waals surface area contributed by atoms with E-state index in [1.54, 1.807) is 36.4 Å². The lowest BCUT2D eigenvalue weighted by atomic mass is 10.1.